The molecule has 1 atom stereocenters. The van der Waals surface area contributed by atoms with Crippen LogP contribution in [-0.2, 0) is 11.2 Å². The van der Waals surface area contributed by atoms with Crippen LogP contribution in [0.4, 0.5) is 0 Å². The Morgan fingerprint density at radius 3 is 2.31 bits per heavy atom. The van der Waals surface area contributed by atoms with Crippen molar-refractivity contribution in [1.82, 2.24) is 0 Å². The fourth-order valence-corrected chi connectivity index (χ4v) is 4.14. The Hall–Kier alpha value is -2.34. The minimum Gasteiger partial charge on any atom is -0.504 e. The van der Waals surface area contributed by atoms with Gasteiger partial charge < -0.3 is 20.1 Å². The lowest BCUT2D eigenvalue weighted by atomic mass is 9.98. The van der Waals surface area contributed by atoms with Crippen LogP contribution in [-0.4, -0.2) is 27.9 Å². The van der Waals surface area contributed by atoms with Crippen molar-refractivity contribution in [2.75, 3.05) is 6.61 Å². The van der Waals surface area contributed by atoms with Crippen molar-refractivity contribution in [1.29, 1.82) is 0 Å². The van der Waals surface area contributed by atoms with Crippen LogP contribution in [0, 0.1) is 0 Å². The van der Waals surface area contributed by atoms with Gasteiger partial charge in [-0.05, 0) is 61.1 Å². The van der Waals surface area contributed by atoms with Crippen LogP contribution >= 0.6 is 34.8 Å². The zero-order valence-electron chi connectivity index (χ0n) is 17.4. The van der Waals surface area contributed by atoms with E-state index in [1.165, 1.54) is 0 Å². The van der Waals surface area contributed by atoms with E-state index in [0.717, 1.165) is 41.3 Å². The Bertz CT molecular complexity index is 1120. The number of halogens is 3. The topological polar surface area (TPSA) is 87.0 Å². The molecule has 0 bridgehead atoms. The maximum atomic E-state index is 11.2. The van der Waals surface area contributed by atoms with Gasteiger partial charge in [0, 0.05) is 5.56 Å². The molecule has 0 radical (unpaired) electrons. The average molecular weight is 498 g/mol. The number of hydrogen-bond acceptors (Lipinski definition) is 4. The lowest BCUT2D eigenvalue weighted by molar-refractivity contribution is -0.138. The van der Waals surface area contributed by atoms with E-state index in [1.54, 1.807) is 6.92 Å². The summed E-state index contributed by atoms with van der Waals surface area (Å²) in [5, 5.41) is 31.0. The number of carbonyl (C=O) groups is 1. The number of rotatable bonds is 9. The van der Waals surface area contributed by atoms with Crippen LogP contribution in [0.15, 0.2) is 36.4 Å². The molecule has 0 amide bonds. The van der Waals surface area contributed by atoms with Gasteiger partial charge in [0.25, 0.3) is 0 Å². The maximum Gasteiger partial charge on any atom is 0.310 e. The molecular weight excluding hydrogens is 475 g/mol. The molecule has 3 N–H and O–H groups in total. The molecule has 0 heterocycles. The molecule has 170 valence electrons. The number of unbranched alkanes of at least 4 members (excludes halogenated alkanes) is 2. The number of aromatic hydroxyl groups is 2. The zero-order valence-corrected chi connectivity index (χ0v) is 19.6. The molecule has 0 fully saturated rings. The van der Waals surface area contributed by atoms with E-state index in [4.69, 9.17) is 39.5 Å². The first-order valence-electron chi connectivity index (χ1n) is 10.2. The summed E-state index contributed by atoms with van der Waals surface area (Å²) in [7, 11) is 0. The first-order valence-corrected chi connectivity index (χ1v) is 11.3. The van der Waals surface area contributed by atoms with E-state index in [0.29, 0.717) is 18.6 Å². The summed E-state index contributed by atoms with van der Waals surface area (Å²) in [6.45, 7) is 2.19. The molecule has 0 spiro atoms. The Morgan fingerprint density at radius 2 is 1.59 bits per heavy atom. The van der Waals surface area contributed by atoms with Crippen molar-refractivity contribution in [2.45, 2.75) is 38.5 Å². The maximum absolute atomic E-state index is 11.2. The van der Waals surface area contributed by atoms with E-state index in [9.17, 15) is 20.1 Å². The minimum atomic E-state index is -0.849. The number of ether oxygens (including phenoxy) is 1. The molecule has 3 aromatic carbocycles. The summed E-state index contributed by atoms with van der Waals surface area (Å²) >= 11 is 18.0. The largest absolute Gasteiger partial charge is 0.504 e. The standard InChI is InChI=1S/C24H23Cl3O5/c1-13(24(30)31)14-6-7-16-12-17(9-8-15(16)11-14)32-10-4-2-3-5-18-19(25)20(26)21(27)23(29)22(18)28/h6-9,11-13,28-29H,2-5,10H2,1H3,(H,30,31)/t13-/m1/s1. The number of aliphatic carboxylic acids is 1. The third-order valence-corrected chi connectivity index (χ3v) is 6.77. The van der Waals surface area contributed by atoms with E-state index in [-0.39, 0.29) is 20.8 Å². The molecule has 3 rings (SSSR count). The highest BCUT2D eigenvalue weighted by molar-refractivity contribution is 6.49. The third-order valence-electron chi connectivity index (χ3n) is 5.41. The fourth-order valence-electron chi connectivity index (χ4n) is 3.43. The molecule has 0 aromatic heterocycles. The number of carboxylic acids is 1. The monoisotopic (exact) mass is 496 g/mol. The van der Waals surface area contributed by atoms with Gasteiger partial charge in [0.05, 0.1) is 22.6 Å². The Balaban J connectivity index is 1.51. The summed E-state index contributed by atoms with van der Waals surface area (Å²) in [4.78, 5) is 11.2. The van der Waals surface area contributed by atoms with Gasteiger partial charge in [0.1, 0.15) is 10.8 Å². The first-order chi connectivity index (χ1) is 15.2. The zero-order chi connectivity index (χ0) is 23.4. The Labute approximate surface area is 201 Å². The summed E-state index contributed by atoms with van der Waals surface area (Å²) in [6.07, 6.45) is 2.78. The van der Waals surface area contributed by atoms with E-state index < -0.39 is 17.6 Å². The second kappa shape index (κ2) is 10.5. The lowest BCUT2D eigenvalue weighted by Gasteiger charge is -2.12. The molecule has 0 aliphatic rings. The lowest BCUT2D eigenvalue weighted by Crippen LogP contribution is -2.07. The van der Waals surface area contributed by atoms with E-state index >= 15 is 0 Å². The Morgan fingerprint density at radius 1 is 0.906 bits per heavy atom. The quantitative estimate of drug-likeness (QED) is 0.165. The molecule has 0 aliphatic carbocycles. The smallest absolute Gasteiger partial charge is 0.310 e. The van der Waals surface area contributed by atoms with Gasteiger partial charge in [-0.25, -0.2) is 0 Å². The van der Waals surface area contributed by atoms with Gasteiger partial charge >= 0.3 is 5.97 Å². The van der Waals surface area contributed by atoms with Crippen molar-refractivity contribution >= 4 is 51.5 Å². The van der Waals surface area contributed by atoms with Gasteiger partial charge in [0.2, 0.25) is 0 Å². The second-order valence-electron chi connectivity index (χ2n) is 7.61. The normalized spacial score (nSPS) is 12.1. The van der Waals surface area contributed by atoms with Crippen LogP contribution < -0.4 is 4.74 Å². The van der Waals surface area contributed by atoms with E-state index in [2.05, 4.69) is 0 Å². The fraction of sp³-hybridized carbons (Fsp3) is 0.292. The highest BCUT2D eigenvalue weighted by atomic mass is 35.5. The van der Waals surface area contributed by atoms with Gasteiger partial charge in [-0.1, -0.05) is 59.1 Å². The molecule has 32 heavy (non-hydrogen) atoms. The van der Waals surface area contributed by atoms with Gasteiger partial charge in [-0.2, -0.15) is 0 Å². The van der Waals surface area contributed by atoms with Crippen molar-refractivity contribution in [2.24, 2.45) is 0 Å². The number of fused-ring (bicyclic) bond motifs is 1. The van der Waals surface area contributed by atoms with Gasteiger partial charge in [-0.3, -0.25) is 4.79 Å². The highest BCUT2D eigenvalue weighted by Crippen LogP contribution is 2.46. The molecule has 0 saturated heterocycles. The average Bonchev–Trinajstić information content (AvgIpc) is 2.79. The minimum absolute atomic E-state index is 0.0304. The van der Waals surface area contributed by atoms with Crippen molar-refractivity contribution < 1.29 is 24.9 Å². The molecule has 5 nitrogen and oxygen atoms in total. The molecule has 3 aromatic rings. The van der Waals surface area contributed by atoms with Crippen molar-refractivity contribution in [3.05, 3.63) is 62.6 Å². The summed E-state index contributed by atoms with van der Waals surface area (Å²) in [6, 6.07) is 11.3. The molecule has 0 aliphatic heterocycles. The van der Waals surface area contributed by atoms with Crippen LogP contribution in [0.5, 0.6) is 17.2 Å². The van der Waals surface area contributed by atoms with Gasteiger partial charge in [-0.15, -0.1) is 0 Å². The second-order valence-corrected chi connectivity index (χ2v) is 8.74. The van der Waals surface area contributed by atoms with Crippen molar-refractivity contribution in [3.63, 3.8) is 0 Å². The molecular formula is C24H23Cl3O5. The number of phenolic OH excluding ortho intramolecular Hbond substituents is 2. The van der Waals surface area contributed by atoms with Crippen molar-refractivity contribution in [3.8, 4) is 17.2 Å². The van der Waals surface area contributed by atoms with Crippen LogP contribution in [0.25, 0.3) is 10.8 Å². The Kier molecular flexibility index (Phi) is 7.99. The summed E-state index contributed by atoms with van der Waals surface area (Å²) < 4.78 is 5.84. The highest BCUT2D eigenvalue weighted by Gasteiger charge is 2.20. The number of phenols is 2. The third kappa shape index (κ3) is 5.34. The number of hydrogen-bond donors (Lipinski definition) is 3. The van der Waals surface area contributed by atoms with Crippen LogP contribution in [0.1, 0.15) is 43.2 Å². The van der Waals surface area contributed by atoms with Crippen LogP contribution in [0.3, 0.4) is 0 Å². The number of benzene rings is 3. The first kappa shape index (κ1) is 24.3. The van der Waals surface area contributed by atoms with E-state index in [1.807, 2.05) is 36.4 Å². The predicted octanol–water partition coefficient (Wildman–Crippen LogP) is 7.19. The summed E-state index contributed by atoms with van der Waals surface area (Å²) in [5.41, 5.74) is 1.14. The SMILES string of the molecule is C[C@@H](C(=O)O)c1ccc2cc(OCCCCCc3c(O)c(O)c(Cl)c(Cl)c3Cl)ccc2c1. The van der Waals surface area contributed by atoms with Crippen LogP contribution in [0.2, 0.25) is 15.1 Å². The molecule has 0 saturated carbocycles. The molecule has 0 unspecified atom stereocenters. The van der Waals surface area contributed by atoms with Gasteiger partial charge in [0.15, 0.2) is 11.5 Å². The summed E-state index contributed by atoms with van der Waals surface area (Å²) in [5.74, 6) is -1.46. The molecule has 8 heteroatoms. The predicted molar refractivity (Wildman–Crippen MR) is 128 cm³/mol. The number of carboxylic acid groups (broad SMARTS) is 1.